The molecule has 3 unspecified atom stereocenters. The minimum absolute atomic E-state index is 0.614. The standard InChI is InChI=1S/C16H25N3/c1-11-9-19(10-16(11)18(2)3)15-7-4-12-8-13(17)5-6-14(12)15/h5-6,8,11,15-16H,4,7,9-10,17H2,1-3H3. The molecule has 1 heterocycles. The van der Waals surface area contributed by atoms with Crippen LogP contribution in [0.25, 0.3) is 0 Å². The number of nitrogens with zero attached hydrogens (tertiary/aromatic N) is 2. The van der Waals surface area contributed by atoms with Gasteiger partial charge in [0.2, 0.25) is 0 Å². The second-order valence-electron chi connectivity index (χ2n) is 6.47. The van der Waals surface area contributed by atoms with Crippen LogP contribution in [0, 0.1) is 5.92 Å². The van der Waals surface area contributed by atoms with Crippen molar-refractivity contribution in [3.63, 3.8) is 0 Å². The van der Waals surface area contributed by atoms with Crippen LogP contribution in [0.2, 0.25) is 0 Å². The van der Waals surface area contributed by atoms with E-state index < -0.39 is 0 Å². The quantitative estimate of drug-likeness (QED) is 0.826. The molecule has 3 nitrogen and oxygen atoms in total. The molecule has 3 heteroatoms. The zero-order chi connectivity index (χ0) is 13.6. The van der Waals surface area contributed by atoms with Crippen LogP contribution in [-0.2, 0) is 6.42 Å². The van der Waals surface area contributed by atoms with Crippen molar-refractivity contribution in [2.75, 3.05) is 32.9 Å². The molecule has 0 bridgehead atoms. The van der Waals surface area contributed by atoms with Crippen LogP contribution < -0.4 is 5.73 Å². The van der Waals surface area contributed by atoms with Gasteiger partial charge in [-0.3, -0.25) is 4.90 Å². The number of likely N-dealkylation sites (tertiary alicyclic amines) is 1. The van der Waals surface area contributed by atoms with Gasteiger partial charge >= 0.3 is 0 Å². The molecule has 104 valence electrons. The molecular weight excluding hydrogens is 234 g/mol. The van der Waals surface area contributed by atoms with Gasteiger partial charge in [0.05, 0.1) is 0 Å². The fourth-order valence-electron chi connectivity index (χ4n) is 3.91. The number of nitrogen functional groups attached to an aromatic ring is 1. The number of fused-ring (bicyclic) bond motifs is 1. The number of nitrogens with two attached hydrogens (primary N) is 1. The van der Waals surface area contributed by atoms with Crippen molar-refractivity contribution in [3.8, 4) is 0 Å². The molecule has 2 N–H and O–H groups in total. The van der Waals surface area contributed by atoms with Crippen LogP contribution in [0.15, 0.2) is 18.2 Å². The zero-order valence-corrected chi connectivity index (χ0v) is 12.3. The van der Waals surface area contributed by atoms with E-state index in [2.05, 4.69) is 49.0 Å². The summed E-state index contributed by atoms with van der Waals surface area (Å²) in [7, 11) is 4.40. The van der Waals surface area contributed by atoms with Gasteiger partial charge in [-0.2, -0.15) is 0 Å². The molecule has 0 radical (unpaired) electrons. The Kier molecular flexibility index (Phi) is 3.27. The first-order chi connectivity index (χ1) is 9.06. The summed E-state index contributed by atoms with van der Waals surface area (Å²) in [5.41, 5.74) is 9.77. The summed E-state index contributed by atoms with van der Waals surface area (Å²) in [6.07, 6.45) is 2.44. The third-order valence-corrected chi connectivity index (χ3v) is 4.92. The van der Waals surface area contributed by atoms with E-state index in [9.17, 15) is 0 Å². The number of hydrogen-bond donors (Lipinski definition) is 1. The molecule has 0 amide bonds. The molecule has 1 fully saturated rings. The normalized spacial score (nSPS) is 31.1. The number of likely N-dealkylation sites (N-methyl/N-ethyl adjacent to an activating group) is 1. The van der Waals surface area contributed by atoms with Crippen LogP contribution in [0.3, 0.4) is 0 Å². The van der Waals surface area contributed by atoms with Crippen LogP contribution in [0.5, 0.6) is 0 Å². The first kappa shape index (κ1) is 12.9. The zero-order valence-electron chi connectivity index (χ0n) is 12.3. The molecule has 0 spiro atoms. The van der Waals surface area contributed by atoms with E-state index in [4.69, 9.17) is 5.73 Å². The van der Waals surface area contributed by atoms with Gasteiger partial charge in [0.1, 0.15) is 0 Å². The SMILES string of the molecule is CC1CN(C2CCc3cc(N)ccc32)CC1N(C)C. The average Bonchev–Trinajstić information content (AvgIpc) is 2.91. The van der Waals surface area contributed by atoms with Crippen LogP contribution in [0.4, 0.5) is 5.69 Å². The lowest BCUT2D eigenvalue weighted by Crippen LogP contribution is -2.34. The maximum Gasteiger partial charge on any atom is 0.0354 e. The number of anilines is 1. The molecule has 1 aromatic rings. The smallest absolute Gasteiger partial charge is 0.0354 e. The van der Waals surface area contributed by atoms with E-state index in [1.165, 1.54) is 37.1 Å². The molecule has 1 aromatic carbocycles. The second-order valence-corrected chi connectivity index (χ2v) is 6.47. The first-order valence-corrected chi connectivity index (χ1v) is 7.35. The topological polar surface area (TPSA) is 32.5 Å². The Bertz CT molecular complexity index is 469. The van der Waals surface area contributed by atoms with Gasteiger partial charge in [0, 0.05) is 30.9 Å². The summed E-state index contributed by atoms with van der Waals surface area (Å²) in [6.45, 7) is 4.80. The Morgan fingerprint density at radius 2 is 2.05 bits per heavy atom. The summed E-state index contributed by atoms with van der Waals surface area (Å²) in [4.78, 5) is 5.06. The van der Waals surface area contributed by atoms with Gasteiger partial charge in [-0.25, -0.2) is 0 Å². The van der Waals surface area contributed by atoms with E-state index in [1.54, 1.807) is 0 Å². The fourth-order valence-corrected chi connectivity index (χ4v) is 3.91. The minimum Gasteiger partial charge on any atom is -0.399 e. The summed E-state index contributed by atoms with van der Waals surface area (Å²) in [5.74, 6) is 0.757. The fraction of sp³-hybridized carbons (Fsp3) is 0.625. The third-order valence-electron chi connectivity index (χ3n) is 4.92. The van der Waals surface area contributed by atoms with Crippen molar-refractivity contribution in [2.24, 2.45) is 5.92 Å². The van der Waals surface area contributed by atoms with Crippen LogP contribution in [-0.4, -0.2) is 43.0 Å². The predicted octanol–water partition coefficient (Wildman–Crippen LogP) is 2.14. The van der Waals surface area contributed by atoms with Crippen molar-refractivity contribution in [3.05, 3.63) is 29.3 Å². The van der Waals surface area contributed by atoms with Crippen molar-refractivity contribution in [2.45, 2.75) is 31.8 Å². The molecule has 19 heavy (non-hydrogen) atoms. The van der Waals surface area contributed by atoms with Gasteiger partial charge in [-0.05, 0) is 56.1 Å². The maximum absolute atomic E-state index is 5.89. The van der Waals surface area contributed by atoms with E-state index in [1.807, 2.05) is 0 Å². The van der Waals surface area contributed by atoms with Gasteiger partial charge in [-0.1, -0.05) is 13.0 Å². The largest absolute Gasteiger partial charge is 0.399 e. The third kappa shape index (κ3) is 2.26. The monoisotopic (exact) mass is 259 g/mol. The molecule has 1 aliphatic carbocycles. The maximum atomic E-state index is 5.89. The highest BCUT2D eigenvalue weighted by molar-refractivity contribution is 5.47. The molecule has 1 aliphatic heterocycles. The van der Waals surface area contributed by atoms with Crippen LogP contribution in [0.1, 0.15) is 30.5 Å². The number of aryl methyl sites for hydroxylation is 1. The first-order valence-electron chi connectivity index (χ1n) is 7.35. The Morgan fingerprint density at radius 1 is 1.26 bits per heavy atom. The molecule has 3 atom stereocenters. The lowest BCUT2D eigenvalue weighted by atomic mass is 10.1. The van der Waals surface area contributed by atoms with E-state index in [0.29, 0.717) is 12.1 Å². The Morgan fingerprint density at radius 3 is 2.74 bits per heavy atom. The molecular formula is C16H25N3. The average molecular weight is 259 g/mol. The van der Waals surface area contributed by atoms with E-state index >= 15 is 0 Å². The summed E-state index contributed by atoms with van der Waals surface area (Å²) < 4.78 is 0. The summed E-state index contributed by atoms with van der Waals surface area (Å²) in [6, 6.07) is 7.77. The van der Waals surface area contributed by atoms with Crippen molar-refractivity contribution >= 4 is 5.69 Å². The van der Waals surface area contributed by atoms with E-state index in [-0.39, 0.29) is 0 Å². The highest BCUT2D eigenvalue weighted by Gasteiger charge is 2.37. The van der Waals surface area contributed by atoms with Crippen molar-refractivity contribution in [1.82, 2.24) is 9.80 Å². The molecule has 1 saturated heterocycles. The molecule has 0 saturated carbocycles. The number of benzene rings is 1. The molecule has 0 aromatic heterocycles. The van der Waals surface area contributed by atoms with Crippen molar-refractivity contribution < 1.29 is 0 Å². The lowest BCUT2D eigenvalue weighted by Gasteiger charge is -2.26. The van der Waals surface area contributed by atoms with Gasteiger partial charge in [0.25, 0.3) is 0 Å². The highest BCUT2D eigenvalue weighted by Crippen LogP contribution is 2.39. The van der Waals surface area contributed by atoms with E-state index in [0.717, 1.165) is 11.6 Å². The Hall–Kier alpha value is -1.06. The Balaban J connectivity index is 1.80. The lowest BCUT2D eigenvalue weighted by molar-refractivity contribution is 0.215. The van der Waals surface area contributed by atoms with Gasteiger partial charge in [0.15, 0.2) is 0 Å². The molecule has 3 rings (SSSR count). The van der Waals surface area contributed by atoms with Gasteiger partial charge < -0.3 is 10.6 Å². The highest BCUT2D eigenvalue weighted by atomic mass is 15.3. The number of hydrogen-bond acceptors (Lipinski definition) is 3. The summed E-state index contributed by atoms with van der Waals surface area (Å²) >= 11 is 0. The summed E-state index contributed by atoms with van der Waals surface area (Å²) in [5, 5.41) is 0. The molecule has 2 aliphatic rings. The second kappa shape index (κ2) is 4.80. The van der Waals surface area contributed by atoms with Gasteiger partial charge in [-0.15, -0.1) is 0 Å². The Labute approximate surface area is 116 Å². The van der Waals surface area contributed by atoms with Crippen molar-refractivity contribution in [1.29, 1.82) is 0 Å². The predicted molar refractivity (Wildman–Crippen MR) is 80.1 cm³/mol. The number of rotatable bonds is 2. The minimum atomic E-state index is 0.614. The van der Waals surface area contributed by atoms with Crippen LogP contribution >= 0.6 is 0 Å².